The molecule has 3 rings (SSSR count). The van der Waals surface area contributed by atoms with Crippen LogP contribution in [0.2, 0.25) is 0 Å². The van der Waals surface area contributed by atoms with Gasteiger partial charge < -0.3 is 4.74 Å². The average Bonchev–Trinajstić information content (AvgIpc) is 2.27. The van der Waals surface area contributed by atoms with Crippen LogP contribution in [-0.2, 0) is 14.3 Å². The second-order valence-electron chi connectivity index (χ2n) is 5.89. The molecule has 3 heteroatoms. The van der Waals surface area contributed by atoms with Gasteiger partial charge in [0.1, 0.15) is 11.4 Å². The van der Waals surface area contributed by atoms with Crippen molar-refractivity contribution < 1.29 is 14.3 Å². The van der Waals surface area contributed by atoms with Crippen molar-refractivity contribution in [2.45, 2.75) is 57.5 Å². The minimum Gasteiger partial charge on any atom is -0.459 e. The summed E-state index contributed by atoms with van der Waals surface area (Å²) in [5.41, 5.74) is -0.259. The number of hydrogen-bond acceptors (Lipinski definition) is 3. The van der Waals surface area contributed by atoms with Crippen LogP contribution in [0.3, 0.4) is 0 Å². The van der Waals surface area contributed by atoms with E-state index in [4.69, 9.17) is 4.74 Å². The van der Waals surface area contributed by atoms with Crippen LogP contribution >= 0.6 is 0 Å². The molecule has 0 amide bonds. The van der Waals surface area contributed by atoms with Crippen LogP contribution in [0.1, 0.15) is 51.9 Å². The molecule has 0 aromatic rings. The molecular weight excluding hydrogens is 216 g/mol. The van der Waals surface area contributed by atoms with Crippen LogP contribution in [-0.4, -0.2) is 17.4 Å². The monoisotopic (exact) mass is 236 g/mol. The summed E-state index contributed by atoms with van der Waals surface area (Å²) in [6.45, 7) is 1.50. The number of esters is 1. The fourth-order valence-electron chi connectivity index (χ4n) is 4.61. The van der Waals surface area contributed by atoms with Crippen molar-refractivity contribution in [3.05, 3.63) is 0 Å². The molecule has 0 heterocycles. The van der Waals surface area contributed by atoms with Gasteiger partial charge in [-0.2, -0.15) is 0 Å². The summed E-state index contributed by atoms with van der Waals surface area (Å²) in [5, 5.41) is 0. The van der Waals surface area contributed by atoms with E-state index in [2.05, 4.69) is 0 Å². The van der Waals surface area contributed by atoms with Crippen molar-refractivity contribution >= 4 is 11.8 Å². The van der Waals surface area contributed by atoms with Crippen LogP contribution in [0.4, 0.5) is 0 Å². The van der Waals surface area contributed by atoms with Gasteiger partial charge >= 0.3 is 5.97 Å². The first-order chi connectivity index (χ1) is 8.15. The molecule has 4 atom stereocenters. The molecule has 0 aliphatic heterocycles. The molecule has 0 bridgehead atoms. The maximum Gasteiger partial charge on any atom is 0.303 e. The van der Waals surface area contributed by atoms with Crippen molar-refractivity contribution in [3.8, 4) is 0 Å². The Balaban J connectivity index is 1.88. The maximum atomic E-state index is 12.0. The van der Waals surface area contributed by atoms with Crippen LogP contribution in [0.15, 0.2) is 0 Å². The fraction of sp³-hybridized carbons (Fsp3) is 0.857. The van der Waals surface area contributed by atoms with Crippen LogP contribution in [0.25, 0.3) is 0 Å². The predicted molar refractivity (Wildman–Crippen MR) is 62.3 cm³/mol. The first kappa shape index (κ1) is 11.2. The summed E-state index contributed by atoms with van der Waals surface area (Å²) < 4.78 is 5.70. The number of carbonyl (C=O) groups excluding carboxylic acids is 2. The Morgan fingerprint density at radius 3 is 2.65 bits per heavy atom. The third-order valence-electron chi connectivity index (χ3n) is 5.10. The molecule has 17 heavy (non-hydrogen) atoms. The topological polar surface area (TPSA) is 43.4 Å². The number of ketones is 1. The highest BCUT2D eigenvalue weighted by Gasteiger charge is 2.66. The van der Waals surface area contributed by atoms with E-state index in [1.807, 2.05) is 0 Å². The van der Waals surface area contributed by atoms with E-state index in [9.17, 15) is 9.59 Å². The number of ether oxygens (including phenoxy) is 1. The van der Waals surface area contributed by atoms with Gasteiger partial charge in [-0.25, -0.2) is 0 Å². The third-order valence-corrected chi connectivity index (χ3v) is 5.10. The van der Waals surface area contributed by atoms with Gasteiger partial charge in [0, 0.05) is 31.1 Å². The van der Waals surface area contributed by atoms with Gasteiger partial charge in [0.15, 0.2) is 0 Å². The van der Waals surface area contributed by atoms with E-state index in [1.54, 1.807) is 0 Å². The Kier molecular flexibility index (Phi) is 2.53. The number of hydrogen-bond donors (Lipinski definition) is 0. The van der Waals surface area contributed by atoms with E-state index in [0.29, 0.717) is 17.6 Å². The summed E-state index contributed by atoms with van der Waals surface area (Å²) in [4.78, 5) is 23.3. The fourth-order valence-corrected chi connectivity index (χ4v) is 4.61. The number of Topliss-reactive ketones (excluding diaryl/α,β-unsaturated/α-hetero) is 1. The van der Waals surface area contributed by atoms with Crippen molar-refractivity contribution in [2.24, 2.45) is 17.8 Å². The van der Waals surface area contributed by atoms with E-state index in [1.165, 1.54) is 13.3 Å². The molecule has 2 unspecified atom stereocenters. The Bertz CT molecular complexity index is 350. The predicted octanol–water partition coefficient (Wildman–Crippen LogP) is 2.48. The molecule has 3 fully saturated rings. The second-order valence-corrected chi connectivity index (χ2v) is 5.89. The van der Waals surface area contributed by atoms with E-state index in [0.717, 1.165) is 38.5 Å². The molecule has 0 saturated heterocycles. The van der Waals surface area contributed by atoms with Gasteiger partial charge in [0.2, 0.25) is 0 Å². The second kappa shape index (κ2) is 3.82. The largest absolute Gasteiger partial charge is 0.459 e. The zero-order chi connectivity index (χ0) is 12.0. The summed E-state index contributed by atoms with van der Waals surface area (Å²) >= 11 is 0. The van der Waals surface area contributed by atoms with E-state index < -0.39 is 0 Å². The van der Waals surface area contributed by atoms with Crippen molar-refractivity contribution in [2.75, 3.05) is 0 Å². The minimum atomic E-state index is -0.259. The van der Waals surface area contributed by atoms with Gasteiger partial charge in [-0.1, -0.05) is 6.42 Å². The standard InChI is InChI=1S/C14H20O3/c1-9(15)17-14-8-3-2-5-10(14)13-11(14)6-4-7-12(13)16/h10-11,13H,2-8H2,1H3/t10-,11?,13?,14+/m0/s1. The van der Waals surface area contributed by atoms with Gasteiger partial charge in [-0.15, -0.1) is 0 Å². The number of carbonyl (C=O) groups is 2. The highest BCUT2D eigenvalue weighted by Crippen LogP contribution is 2.62. The molecular formula is C14H20O3. The lowest BCUT2D eigenvalue weighted by molar-refractivity contribution is -0.241. The van der Waals surface area contributed by atoms with Gasteiger partial charge in [-0.3, -0.25) is 9.59 Å². The zero-order valence-corrected chi connectivity index (χ0v) is 10.4. The van der Waals surface area contributed by atoms with Crippen LogP contribution < -0.4 is 0 Å². The number of fused-ring (bicyclic) bond motifs is 4. The Hall–Kier alpha value is -0.860. The SMILES string of the molecule is CC(=O)O[C@]12CCCC[C@H]1C1C(=O)CCCC12. The van der Waals surface area contributed by atoms with Crippen LogP contribution in [0, 0.1) is 17.8 Å². The van der Waals surface area contributed by atoms with Crippen molar-refractivity contribution in [1.82, 2.24) is 0 Å². The molecule has 3 aliphatic carbocycles. The quantitative estimate of drug-likeness (QED) is 0.657. The molecule has 0 aromatic heterocycles. The van der Waals surface area contributed by atoms with Gasteiger partial charge in [0.05, 0.1) is 0 Å². The zero-order valence-electron chi connectivity index (χ0n) is 10.4. The van der Waals surface area contributed by atoms with E-state index in [-0.39, 0.29) is 17.5 Å². The van der Waals surface area contributed by atoms with Crippen LogP contribution in [0.5, 0.6) is 0 Å². The molecule has 0 spiro atoms. The summed E-state index contributed by atoms with van der Waals surface area (Å²) in [6, 6.07) is 0. The first-order valence-electron chi connectivity index (χ1n) is 6.87. The molecule has 0 N–H and O–H groups in total. The molecule has 94 valence electrons. The maximum absolute atomic E-state index is 12.0. The minimum absolute atomic E-state index is 0.173. The Morgan fingerprint density at radius 1 is 1.24 bits per heavy atom. The van der Waals surface area contributed by atoms with E-state index >= 15 is 0 Å². The van der Waals surface area contributed by atoms with Gasteiger partial charge in [0.25, 0.3) is 0 Å². The van der Waals surface area contributed by atoms with Crippen molar-refractivity contribution in [1.29, 1.82) is 0 Å². The lowest BCUT2D eigenvalue weighted by Crippen LogP contribution is -2.68. The number of rotatable bonds is 1. The first-order valence-corrected chi connectivity index (χ1v) is 6.87. The molecule has 3 aliphatic rings. The lowest BCUT2D eigenvalue weighted by atomic mass is 9.45. The van der Waals surface area contributed by atoms with Gasteiger partial charge in [-0.05, 0) is 32.1 Å². The Labute approximate surface area is 102 Å². The highest BCUT2D eigenvalue weighted by molar-refractivity contribution is 5.84. The summed E-state index contributed by atoms with van der Waals surface area (Å²) in [7, 11) is 0. The highest BCUT2D eigenvalue weighted by atomic mass is 16.6. The normalized spacial score (nSPS) is 44.3. The molecule has 0 radical (unpaired) electrons. The molecule has 0 aromatic carbocycles. The summed E-state index contributed by atoms with van der Waals surface area (Å²) in [6.07, 6.45) is 7.17. The average molecular weight is 236 g/mol. The molecule has 3 saturated carbocycles. The molecule has 3 nitrogen and oxygen atoms in total. The summed E-state index contributed by atoms with van der Waals surface area (Å²) in [5.74, 6) is 1.13. The lowest BCUT2D eigenvalue weighted by Gasteiger charge is -2.63. The smallest absolute Gasteiger partial charge is 0.303 e. The third kappa shape index (κ3) is 1.47. The van der Waals surface area contributed by atoms with Crippen molar-refractivity contribution in [3.63, 3.8) is 0 Å². The Morgan fingerprint density at radius 2 is 1.94 bits per heavy atom.